The van der Waals surface area contributed by atoms with Crippen LogP contribution in [0.15, 0.2) is 6.20 Å². The number of rotatable bonds is 1. The molecule has 1 aromatic rings. The van der Waals surface area contributed by atoms with Crippen LogP contribution in [0, 0.1) is 19.8 Å². The topological polar surface area (TPSA) is 64.4 Å². The van der Waals surface area contributed by atoms with Crippen LogP contribution in [0.5, 0.6) is 0 Å². The van der Waals surface area contributed by atoms with Gasteiger partial charge in [-0.2, -0.15) is 20.0 Å². The molecule has 0 saturated carbocycles. The highest BCUT2D eigenvalue weighted by Crippen LogP contribution is 2.37. The van der Waals surface area contributed by atoms with Crippen LogP contribution in [-0.4, -0.2) is 52.3 Å². The molecule has 2 bridgehead atoms. The first-order valence-electron chi connectivity index (χ1n) is 7.55. The molecule has 4 aliphatic heterocycles. The van der Waals surface area contributed by atoms with E-state index in [9.17, 15) is 0 Å². The minimum absolute atomic E-state index is 0.238. The minimum atomic E-state index is -0.238. The van der Waals surface area contributed by atoms with Gasteiger partial charge in [0.05, 0.1) is 0 Å². The van der Waals surface area contributed by atoms with Crippen LogP contribution in [0.1, 0.15) is 24.1 Å². The van der Waals surface area contributed by atoms with Crippen molar-refractivity contribution < 1.29 is 4.74 Å². The van der Waals surface area contributed by atoms with Crippen molar-refractivity contribution >= 4 is 18.2 Å². The quantitative estimate of drug-likeness (QED) is 0.761. The monoisotopic (exact) mass is 286 g/mol. The van der Waals surface area contributed by atoms with Crippen molar-refractivity contribution in [1.29, 1.82) is 0 Å². The van der Waals surface area contributed by atoms with Gasteiger partial charge in [0.1, 0.15) is 0 Å². The first-order chi connectivity index (χ1) is 10.1. The molecular weight excluding hydrogens is 266 g/mol. The lowest BCUT2D eigenvalue weighted by Gasteiger charge is -2.47. The zero-order valence-corrected chi connectivity index (χ0v) is 12.5. The van der Waals surface area contributed by atoms with Crippen LogP contribution in [0.3, 0.4) is 0 Å². The van der Waals surface area contributed by atoms with Crippen molar-refractivity contribution in [3.8, 4) is 0 Å². The average Bonchev–Trinajstić information content (AvgIpc) is 2.87. The number of piperidine rings is 3. The Labute approximate surface area is 124 Å². The highest BCUT2D eigenvalue weighted by Gasteiger charge is 2.54. The molecule has 1 atom stereocenters. The molecular formula is C15H20N5O+. The van der Waals surface area contributed by atoms with Crippen molar-refractivity contribution in [2.24, 2.45) is 5.92 Å². The van der Waals surface area contributed by atoms with E-state index in [1.165, 1.54) is 25.9 Å². The standard InChI is InChI=1S/C15H19N5O/c1-10-7-16-13(18-11(10)2)19-14-17-8-15(21-14)9-20-5-3-12(15)4-6-20/h7-8,12H,3-6,9H2,1-2H3/p+1. The molecule has 1 aromatic heterocycles. The van der Waals surface area contributed by atoms with Crippen molar-refractivity contribution in [2.45, 2.75) is 32.3 Å². The summed E-state index contributed by atoms with van der Waals surface area (Å²) in [5, 5.41) is 3.10. The number of anilines is 1. The molecule has 4 aliphatic rings. The van der Waals surface area contributed by atoms with Gasteiger partial charge in [0, 0.05) is 24.4 Å². The van der Waals surface area contributed by atoms with Crippen molar-refractivity contribution in [3.05, 3.63) is 17.5 Å². The fraction of sp³-hybridized carbons (Fsp3) is 0.600. The minimum Gasteiger partial charge on any atom is -0.401 e. The third kappa shape index (κ3) is 2.11. The maximum absolute atomic E-state index is 6.16. The lowest BCUT2D eigenvalue weighted by molar-refractivity contribution is -0.0474. The van der Waals surface area contributed by atoms with E-state index in [-0.39, 0.29) is 5.60 Å². The smallest absolute Gasteiger partial charge is 0.401 e. The molecule has 110 valence electrons. The van der Waals surface area contributed by atoms with Gasteiger partial charge in [0.25, 0.3) is 0 Å². The number of ether oxygens (including phenoxy) is 1. The summed E-state index contributed by atoms with van der Waals surface area (Å²) in [6.07, 6.45) is 6.18. The number of amidine groups is 1. The molecule has 0 radical (unpaired) electrons. The average molecular weight is 286 g/mol. The molecule has 1 spiro atoms. The van der Waals surface area contributed by atoms with E-state index in [4.69, 9.17) is 4.74 Å². The van der Waals surface area contributed by atoms with Gasteiger partial charge in [-0.15, -0.1) is 0 Å². The molecule has 0 amide bonds. The van der Waals surface area contributed by atoms with Crippen LogP contribution < -0.4 is 9.98 Å². The summed E-state index contributed by atoms with van der Waals surface area (Å²) < 4.78 is 10.6. The van der Waals surface area contributed by atoms with Gasteiger partial charge < -0.3 is 4.74 Å². The number of aromatic nitrogens is 2. The summed E-state index contributed by atoms with van der Waals surface area (Å²) in [7, 11) is 0. The van der Waals surface area contributed by atoms with Gasteiger partial charge in [-0.25, -0.2) is 0 Å². The fourth-order valence-corrected chi connectivity index (χ4v) is 3.46. The van der Waals surface area contributed by atoms with Gasteiger partial charge in [-0.1, -0.05) is 0 Å². The van der Waals surface area contributed by atoms with Gasteiger partial charge >= 0.3 is 12.0 Å². The van der Waals surface area contributed by atoms with Crippen LogP contribution in [-0.2, 0) is 4.74 Å². The Balaban J connectivity index is 1.49. The first kappa shape index (κ1) is 12.8. The summed E-state index contributed by atoms with van der Waals surface area (Å²) in [4.78, 5) is 11.1. The third-order valence-electron chi connectivity index (χ3n) is 4.88. The van der Waals surface area contributed by atoms with Crippen LogP contribution >= 0.6 is 0 Å². The van der Waals surface area contributed by atoms with Crippen LogP contribution in [0.25, 0.3) is 0 Å². The van der Waals surface area contributed by atoms with Crippen molar-refractivity contribution in [1.82, 2.24) is 19.5 Å². The summed E-state index contributed by atoms with van der Waals surface area (Å²) >= 11 is 0. The van der Waals surface area contributed by atoms with Crippen LogP contribution in [0.4, 0.5) is 5.95 Å². The molecule has 21 heavy (non-hydrogen) atoms. The second kappa shape index (κ2) is 4.55. The SMILES string of the molecule is Cc1cnc(NC2=[N+]=CC3(CN4CCC3CC4)O2)nc1C. The Kier molecular flexibility index (Phi) is 2.77. The molecule has 6 nitrogen and oxygen atoms in total. The number of nitrogens with one attached hydrogen (secondary N) is 1. The maximum Gasteiger partial charge on any atom is 0.556 e. The molecule has 3 saturated heterocycles. The highest BCUT2D eigenvalue weighted by molar-refractivity contribution is 5.94. The Bertz CT molecular complexity index is 643. The summed E-state index contributed by atoms with van der Waals surface area (Å²) in [5.41, 5.74) is 1.81. The maximum atomic E-state index is 6.16. The van der Waals surface area contributed by atoms with Crippen LogP contribution in [0.2, 0.25) is 0 Å². The van der Waals surface area contributed by atoms with E-state index in [2.05, 4.69) is 24.9 Å². The molecule has 1 unspecified atom stereocenters. The van der Waals surface area contributed by atoms with Gasteiger partial charge in [-0.3, -0.25) is 4.90 Å². The Morgan fingerprint density at radius 3 is 2.86 bits per heavy atom. The van der Waals surface area contributed by atoms with Gasteiger partial charge in [-0.05, 0) is 45.3 Å². The predicted molar refractivity (Wildman–Crippen MR) is 81.3 cm³/mol. The second-order valence-corrected chi connectivity index (χ2v) is 6.26. The number of fused-ring (bicyclic) bond motifs is 2. The van der Waals surface area contributed by atoms with E-state index in [0.717, 1.165) is 17.8 Å². The number of hydrogen-bond acceptors (Lipinski definition) is 5. The fourth-order valence-electron chi connectivity index (χ4n) is 3.46. The highest BCUT2D eigenvalue weighted by atomic mass is 16.5. The zero-order chi connectivity index (χ0) is 14.4. The Hall–Kier alpha value is -1.91. The molecule has 3 fully saturated rings. The van der Waals surface area contributed by atoms with Gasteiger partial charge in [0.2, 0.25) is 11.8 Å². The molecule has 5 rings (SSSR count). The summed E-state index contributed by atoms with van der Waals surface area (Å²) in [6, 6.07) is 0.520. The van der Waals surface area contributed by atoms with E-state index in [0.29, 0.717) is 17.9 Å². The molecule has 5 heterocycles. The molecule has 0 aromatic carbocycles. The van der Waals surface area contributed by atoms with Crippen molar-refractivity contribution in [2.75, 3.05) is 25.0 Å². The second-order valence-electron chi connectivity index (χ2n) is 6.26. The summed E-state index contributed by atoms with van der Waals surface area (Å²) in [5.74, 6) is 1.12. The third-order valence-corrected chi connectivity index (χ3v) is 4.88. The van der Waals surface area contributed by atoms with E-state index in [1.807, 2.05) is 26.3 Å². The van der Waals surface area contributed by atoms with Crippen molar-refractivity contribution in [3.63, 3.8) is 0 Å². The lowest BCUT2D eigenvalue weighted by Crippen LogP contribution is -2.61. The normalized spacial score (nSPS) is 33.1. The molecule has 0 aliphatic carbocycles. The van der Waals surface area contributed by atoms with Gasteiger partial charge in [0.15, 0.2) is 0 Å². The zero-order valence-electron chi connectivity index (χ0n) is 12.5. The Morgan fingerprint density at radius 2 is 2.19 bits per heavy atom. The van der Waals surface area contributed by atoms with E-state index in [1.54, 1.807) is 0 Å². The molecule has 1 N–H and O–H groups in total. The van der Waals surface area contributed by atoms with E-state index >= 15 is 0 Å². The number of hydrogen-bond donors (Lipinski definition) is 1. The van der Waals surface area contributed by atoms with E-state index < -0.39 is 0 Å². The molecule has 6 heteroatoms. The largest absolute Gasteiger partial charge is 0.556 e. The first-order valence-corrected chi connectivity index (χ1v) is 7.55. The number of nitrogens with zero attached hydrogens (tertiary/aromatic N) is 4. The lowest BCUT2D eigenvalue weighted by atomic mass is 9.76. The Morgan fingerprint density at radius 1 is 1.38 bits per heavy atom. The summed E-state index contributed by atoms with van der Waals surface area (Å²) in [6.45, 7) is 7.29. The predicted octanol–water partition coefficient (Wildman–Crippen LogP) is 0.494. The number of aryl methyl sites for hydroxylation is 2.